The molecule has 3 nitrogen and oxygen atoms in total. The third-order valence-corrected chi connectivity index (χ3v) is 5.80. The summed E-state index contributed by atoms with van der Waals surface area (Å²) in [6.07, 6.45) is 7.36. The first-order chi connectivity index (χ1) is 12.7. The zero-order valence-electron chi connectivity index (χ0n) is 14.8. The fraction of sp³-hybridized carbons (Fsp3) is 0.136. The van der Waals surface area contributed by atoms with Crippen molar-refractivity contribution in [2.45, 2.75) is 18.2 Å². The van der Waals surface area contributed by atoms with Gasteiger partial charge in [0.15, 0.2) is 0 Å². The highest BCUT2D eigenvalue weighted by molar-refractivity contribution is 8.08. The predicted molar refractivity (Wildman–Crippen MR) is 106 cm³/mol. The van der Waals surface area contributed by atoms with E-state index in [9.17, 15) is 4.79 Å². The standard InChI is InChI=1S/C22H19NO2S/c1-14(24)25-15-11-12-21-19(13-15)16-7-3-4-8-17(16)22(26-21)18-9-5-6-10-20(18)23-2/h3-7,9-13,23H,8H2,1-2H3/p+1. The largest absolute Gasteiger partial charge is 0.427 e. The number of nitrogens with two attached hydrogens (primary N) is 1. The molecule has 0 bridgehead atoms. The molecule has 26 heavy (non-hydrogen) atoms. The van der Waals surface area contributed by atoms with Gasteiger partial charge >= 0.3 is 5.97 Å². The Morgan fingerprint density at radius 2 is 2.00 bits per heavy atom. The molecule has 2 aliphatic rings. The molecule has 130 valence electrons. The van der Waals surface area contributed by atoms with Gasteiger partial charge in [0.2, 0.25) is 0 Å². The molecule has 2 aromatic carbocycles. The van der Waals surface area contributed by atoms with Gasteiger partial charge < -0.3 is 10.1 Å². The number of hydrogen-bond acceptors (Lipinski definition) is 3. The molecule has 1 heterocycles. The van der Waals surface area contributed by atoms with Crippen molar-refractivity contribution in [1.29, 1.82) is 0 Å². The van der Waals surface area contributed by atoms with E-state index in [4.69, 9.17) is 4.74 Å². The minimum atomic E-state index is -0.296. The van der Waals surface area contributed by atoms with Gasteiger partial charge in [-0.05, 0) is 53.5 Å². The molecule has 4 heteroatoms. The summed E-state index contributed by atoms with van der Waals surface area (Å²) in [6, 6.07) is 14.4. The van der Waals surface area contributed by atoms with Gasteiger partial charge in [-0.15, -0.1) is 0 Å². The van der Waals surface area contributed by atoms with Crippen molar-refractivity contribution in [2.24, 2.45) is 0 Å². The van der Waals surface area contributed by atoms with Gasteiger partial charge in [0, 0.05) is 22.3 Å². The van der Waals surface area contributed by atoms with Crippen molar-refractivity contribution in [3.8, 4) is 5.75 Å². The van der Waals surface area contributed by atoms with E-state index < -0.39 is 0 Å². The van der Waals surface area contributed by atoms with Gasteiger partial charge in [0.1, 0.15) is 11.4 Å². The van der Waals surface area contributed by atoms with E-state index in [2.05, 4.69) is 54.9 Å². The maximum atomic E-state index is 11.3. The third kappa shape index (κ3) is 3.02. The highest BCUT2D eigenvalue weighted by atomic mass is 32.2. The fourth-order valence-corrected chi connectivity index (χ4v) is 4.66. The lowest BCUT2D eigenvalue weighted by molar-refractivity contribution is -0.539. The second-order valence-corrected chi connectivity index (χ2v) is 7.30. The number of para-hydroxylation sites is 1. The number of rotatable bonds is 3. The Morgan fingerprint density at radius 1 is 1.15 bits per heavy atom. The Bertz CT molecular complexity index is 985. The second-order valence-electron chi connectivity index (χ2n) is 6.25. The van der Waals surface area contributed by atoms with Crippen LogP contribution >= 0.6 is 11.8 Å². The summed E-state index contributed by atoms with van der Waals surface area (Å²) in [5, 5.41) is 2.16. The number of carbonyl (C=O) groups is 1. The van der Waals surface area contributed by atoms with Crippen LogP contribution < -0.4 is 10.1 Å². The van der Waals surface area contributed by atoms with Gasteiger partial charge in [0.05, 0.1) is 7.05 Å². The number of thioether (sulfide) groups is 1. The maximum Gasteiger partial charge on any atom is 0.308 e. The number of fused-ring (bicyclic) bond motifs is 3. The molecule has 0 saturated carbocycles. The van der Waals surface area contributed by atoms with E-state index in [-0.39, 0.29) is 5.97 Å². The van der Waals surface area contributed by atoms with Gasteiger partial charge in [-0.25, -0.2) is 0 Å². The first kappa shape index (κ1) is 16.9. The van der Waals surface area contributed by atoms with Crippen LogP contribution in [0.25, 0.3) is 10.5 Å². The highest BCUT2D eigenvalue weighted by Gasteiger charge is 2.27. The van der Waals surface area contributed by atoms with Crippen LogP contribution in [0.1, 0.15) is 24.5 Å². The summed E-state index contributed by atoms with van der Waals surface area (Å²) >= 11 is 1.80. The second kappa shape index (κ2) is 6.98. The lowest BCUT2D eigenvalue weighted by atomic mass is 9.89. The molecule has 0 unspecified atom stereocenters. The molecule has 0 fully saturated rings. The lowest BCUT2D eigenvalue weighted by Crippen LogP contribution is -2.73. The molecule has 0 atom stereocenters. The van der Waals surface area contributed by atoms with Crippen molar-refractivity contribution in [2.75, 3.05) is 7.05 Å². The molecule has 4 rings (SSSR count). The number of esters is 1. The summed E-state index contributed by atoms with van der Waals surface area (Å²) < 4.78 is 5.29. The van der Waals surface area contributed by atoms with Crippen molar-refractivity contribution in [3.63, 3.8) is 0 Å². The van der Waals surface area contributed by atoms with E-state index in [1.807, 2.05) is 18.2 Å². The highest BCUT2D eigenvalue weighted by Crippen LogP contribution is 2.52. The van der Waals surface area contributed by atoms with Crippen molar-refractivity contribution < 1.29 is 14.8 Å². The average molecular weight is 362 g/mol. The molecule has 0 aromatic heterocycles. The van der Waals surface area contributed by atoms with Crippen LogP contribution in [-0.2, 0) is 4.79 Å². The normalized spacial score (nSPS) is 15.2. The van der Waals surface area contributed by atoms with Gasteiger partial charge in [0.25, 0.3) is 0 Å². The van der Waals surface area contributed by atoms with Crippen LogP contribution in [-0.4, -0.2) is 13.0 Å². The summed E-state index contributed by atoms with van der Waals surface area (Å²) in [5.74, 6) is 0.298. The molecule has 2 aromatic rings. The number of allylic oxidation sites excluding steroid dienone is 5. The summed E-state index contributed by atoms with van der Waals surface area (Å²) in [7, 11) is 2.08. The number of ether oxygens (including phenoxy) is 1. The van der Waals surface area contributed by atoms with E-state index in [0.717, 1.165) is 12.0 Å². The van der Waals surface area contributed by atoms with E-state index in [1.54, 1.807) is 11.8 Å². The van der Waals surface area contributed by atoms with E-state index in [1.165, 1.54) is 39.1 Å². The van der Waals surface area contributed by atoms with Crippen LogP contribution in [0.2, 0.25) is 0 Å². The van der Waals surface area contributed by atoms with Crippen molar-refractivity contribution >= 4 is 33.9 Å². The van der Waals surface area contributed by atoms with Crippen LogP contribution in [0.3, 0.4) is 0 Å². The zero-order valence-corrected chi connectivity index (χ0v) is 15.6. The van der Waals surface area contributed by atoms with Crippen molar-refractivity contribution in [1.82, 2.24) is 0 Å². The molecule has 0 saturated heterocycles. The lowest BCUT2D eigenvalue weighted by Gasteiger charge is -2.27. The Balaban J connectivity index is 1.86. The van der Waals surface area contributed by atoms with E-state index >= 15 is 0 Å². The molecule has 0 radical (unpaired) electrons. The number of quaternary nitrogens is 1. The molecule has 1 aliphatic heterocycles. The Kier molecular flexibility index (Phi) is 4.53. The quantitative estimate of drug-likeness (QED) is 0.503. The van der Waals surface area contributed by atoms with Crippen LogP contribution in [0.15, 0.2) is 71.2 Å². The molecule has 1 aliphatic carbocycles. The van der Waals surface area contributed by atoms with E-state index in [0.29, 0.717) is 5.75 Å². The summed E-state index contributed by atoms with van der Waals surface area (Å²) in [4.78, 5) is 13.8. The Morgan fingerprint density at radius 3 is 2.81 bits per heavy atom. The third-order valence-electron chi connectivity index (χ3n) is 4.55. The van der Waals surface area contributed by atoms with Crippen LogP contribution in [0.4, 0.5) is 5.69 Å². The topological polar surface area (TPSA) is 42.9 Å². The molecular weight excluding hydrogens is 342 g/mol. The Labute approximate surface area is 157 Å². The summed E-state index contributed by atoms with van der Waals surface area (Å²) in [6.45, 7) is 1.43. The molecular formula is C22H20NO2S+. The molecule has 2 N–H and O–H groups in total. The smallest absolute Gasteiger partial charge is 0.308 e. The van der Waals surface area contributed by atoms with Gasteiger partial charge in [-0.1, -0.05) is 42.1 Å². The SMILES string of the molecule is C[NH2+]c1ccccc1C1=C2CC=CC=C2c2cc(OC(C)=O)ccc2S1. The number of carbonyl (C=O) groups excluding carboxylic acids is 1. The molecule has 0 amide bonds. The first-order valence-electron chi connectivity index (χ1n) is 8.67. The predicted octanol–water partition coefficient (Wildman–Crippen LogP) is 4.30. The average Bonchev–Trinajstić information content (AvgIpc) is 2.67. The van der Waals surface area contributed by atoms with Crippen LogP contribution in [0.5, 0.6) is 5.75 Å². The number of benzene rings is 2. The van der Waals surface area contributed by atoms with Crippen molar-refractivity contribution in [3.05, 3.63) is 77.4 Å². The Hall–Kier alpha value is -2.56. The zero-order chi connectivity index (χ0) is 18.1. The maximum absolute atomic E-state index is 11.3. The van der Waals surface area contributed by atoms with Gasteiger partial charge in [-0.3, -0.25) is 4.79 Å². The van der Waals surface area contributed by atoms with Gasteiger partial charge in [-0.2, -0.15) is 0 Å². The fourth-order valence-electron chi connectivity index (χ4n) is 3.41. The first-order valence-corrected chi connectivity index (χ1v) is 9.49. The van der Waals surface area contributed by atoms with Crippen LogP contribution in [0, 0.1) is 0 Å². The molecule has 0 spiro atoms. The monoisotopic (exact) mass is 362 g/mol. The number of hydrogen-bond donors (Lipinski definition) is 1. The minimum absolute atomic E-state index is 0.296. The summed E-state index contributed by atoms with van der Waals surface area (Å²) in [5.41, 5.74) is 6.20. The minimum Gasteiger partial charge on any atom is -0.427 e.